The van der Waals surface area contributed by atoms with Gasteiger partial charge >= 0.3 is 5.97 Å². The Morgan fingerprint density at radius 2 is 1.68 bits per heavy atom. The number of aryl methyl sites for hydroxylation is 1. The maximum Gasteiger partial charge on any atom is 0.340 e. The SMILES string of the molecule is COC(=O)c1c(C(F)F)cn(-c2ccccc2)c1-c1ccc(C)cc1. The van der Waals surface area contributed by atoms with Gasteiger partial charge in [-0.2, -0.15) is 0 Å². The second-order valence-corrected chi connectivity index (χ2v) is 5.67. The molecule has 0 saturated heterocycles. The summed E-state index contributed by atoms with van der Waals surface area (Å²) in [5.74, 6) is -0.777. The number of rotatable bonds is 4. The molecule has 0 unspecified atom stereocenters. The van der Waals surface area contributed by atoms with Crippen LogP contribution in [0.2, 0.25) is 0 Å². The number of esters is 1. The van der Waals surface area contributed by atoms with Crippen LogP contribution in [0.3, 0.4) is 0 Å². The number of alkyl halides is 2. The molecular formula is C20H17F2NO2. The van der Waals surface area contributed by atoms with E-state index in [-0.39, 0.29) is 11.1 Å². The van der Waals surface area contributed by atoms with Gasteiger partial charge in [0, 0.05) is 11.9 Å². The molecule has 0 aliphatic carbocycles. The van der Waals surface area contributed by atoms with Crippen LogP contribution in [0.4, 0.5) is 8.78 Å². The van der Waals surface area contributed by atoms with Crippen LogP contribution in [0.15, 0.2) is 60.8 Å². The van der Waals surface area contributed by atoms with Crippen LogP contribution in [-0.4, -0.2) is 17.6 Å². The fourth-order valence-corrected chi connectivity index (χ4v) is 2.79. The molecule has 0 bridgehead atoms. The zero-order chi connectivity index (χ0) is 18.0. The van der Waals surface area contributed by atoms with Crippen molar-refractivity contribution >= 4 is 5.97 Å². The van der Waals surface area contributed by atoms with E-state index >= 15 is 0 Å². The molecule has 128 valence electrons. The van der Waals surface area contributed by atoms with E-state index in [1.54, 1.807) is 16.7 Å². The molecule has 0 N–H and O–H groups in total. The Kier molecular flexibility index (Phi) is 4.65. The zero-order valence-corrected chi connectivity index (χ0v) is 13.9. The van der Waals surface area contributed by atoms with Gasteiger partial charge < -0.3 is 9.30 Å². The number of carbonyl (C=O) groups excluding carboxylic acids is 1. The molecule has 1 heterocycles. The van der Waals surface area contributed by atoms with Crippen molar-refractivity contribution in [3.8, 4) is 16.9 Å². The lowest BCUT2D eigenvalue weighted by Crippen LogP contribution is -2.06. The summed E-state index contributed by atoms with van der Waals surface area (Å²) in [7, 11) is 1.19. The Morgan fingerprint density at radius 1 is 1.04 bits per heavy atom. The quantitative estimate of drug-likeness (QED) is 0.613. The van der Waals surface area contributed by atoms with E-state index in [2.05, 4.69) is 0 Å². The second kappa shape index (κ2) is 6.89. The fraction of sp³-hybridized carbons (Fsp3) is 0.150. The average molecular weight is 341 g/mol. The first-order valence-corrected chi connectivity index (χ1v) is 7.77. The van der Waals surface area contributed by atoms with Crippen LogP contribution in [0, 0.1) is 6.92 Å². The Labute approximate surface area is 144 Å². The second-order valence-electron chi connectivity index (χ2n) is 5.67. The van der Waals surface area contributed by atoms with Gasteiger partial charge in [-0.3, -0.25) is 0 Å². The molecule has 3 aromatic rings. The summed E-state index contributed by atoms with van der Waals surface area (Å²) in [6.45, 7) is 1.94. The van der Waals surface area contributed by atoms with Crippen molar-refractivity contribution < 1.29 is 18.3 Å². The number of para-hydroxylation sites is 1. The lowest BCUT2D eigenvalue weighted by molar-refractivity contribution is 0.0591. The molecule has 0 aliphatic heterocycles. The highest BCUT2D eigenvalue weighted by molar-refractivity contribution is 5.99. The third-order valence-corrected chi connectivity index (χ3v) is 4.02. The standard InChI is InChI=1S/C20H17F2NO2/c1-13-8-10-14(11-9-13)18-17(20(24)25-2)16(19(21)22)12-23(18)15-6-4-3-5-7-15/h3-12,19H,1-2H3. The summed E-state index contributed by atoms with van der Waals surface area (Å²) < 4.78 is 33.6. The summed E-state index contributed by atoms with van der Waals surface area (Å²) in [5.41, 5.74) is 2.34. The molecule has 0 aliphatic rings. The average Bonchev–Trinajstić information content (AvgIpc) is 3.03. The minimum Gasteiger partial charge on any atom is -0.465 e. The molecular weight excluding hydrogens is 324 g/mol. The van der Waals surface area contributed by atoms with Gasteiger partial charge in [0.1, 0.15) is 0 Å². The fourth-order valence-electron chi connectivity index (χ4n) is 2.79. The first-order chi connectivity index (χ1) is 12.0. The van der Waals surface area contributed by atoms with E-state index in [1.807, 2.05) is 49.4 Å². The number of halogens is 2. The number of aromatic nitrogens is 1. The summed E-state index contributed by atoms with van der Waals surface area (Å²) in [6, 6.07) is 16.4. The molecule has 0 radical (unpaired) electrons. The summed E-state index contributed by atoms with van der Waals surface area (Å²) in [4.78, 5) is 12.3. The predicted molar refractivity (Wildman–Crippen MR) is 92.2 cm³/mol. The Hall–Kier alpha value is -2.95. The van der Waals surface area contributed by atoms with Crippen molar-refractivity contribution in [3.05, 3.63) is 77.5 Å². The van der Waals surface area contributed by atoms with Gasteiger partial charge in [-0.1, -0.05) is 48.0 Å². The number of methoxy groups -OCH3 is 1. The van der Waals surface area contributed by atoms with Gasteiger partial charge in [0.05, 0.1) is 23.9 Å². The summed E-state index contributed by atoms with van der Waals surface area (Å²) >= 11 is 0. The summed E-state index contributed by atoms with van der Waals surface area (Å²) in [6.07, 6.45) is -1.48. The molecule has 0 amide bonds. The molecule has 25 heavy (non-hydrogen) atoms. The van der Waals surface area contributed by atoms with Crippen molar-refractivity contribution in [2.45, 2.75) is 13.3 Å². The Balaban J connectivity index is 2.34. The first-order valence-electron chi connectivity index (χ1n) is 7.77. The van der Waals surface area contributed by atoms with Gasteiger partial charge in [0.2, 0.25) is 0 Å². The smallest absolute Gasteiger partial charge is 0.340 e. The Bertz CT molecular complexity index is 884. The van der Waals surface area contributed by atoms with Crippen LogP contribution < -0.4 is 0 Å². The topological polar surface area (TPSA) is 31.2 Å². The molecule has 0 fully saturated rings. The molecule has 3 nitrogen and oxygen atoms in total. The maximum absolute atomic E-state index is 13.6. The maximum atomic E-state index is 13.6. The molecule has 0 atom stereocenters. The van der Waals surface area contributed by atoms with Crippen molar-refractivity contribution in [2.24, 2.45) is 0 Å². The number of ether oxygens (including phenoxy) is 1. The van der Waals surface area contributed by atoms with Crippen molar-refractivity contribution in [1.29, 1.82) is 0 Å². The van der Waals surface area contributed by atoms with Crippen LogP contribution in [-0.2, 0) is 4.74 Å². The van der Waals surface area contributed by atoms with E-state index in [0.29, 0.717) is 16.9 Å². The lowest BCUT2D eigenvalue weighted by atomic mass is 10.0. The van der Waals surface area contributed by atoms with Gasteiger partial charge in [0.15, 0.2) is 0 Å². The Morgan fingerprint density at radius 3 is 2.24 bits per heavy atom. The number of hydrogen-bond acceptors (Lipinski definition) is 2. The van der Waals surface area contributed by atoms with E-state index in [9.17, 15) is 13.6 Å². The third kappa shape index (κ3) is 3.18. The molecule has 3 rings (SSSR count). The monoisotopic (exact) mass is 341 g/mol. The highest BCUT2D eigenvalue weighted by Crippen LogP contribution is 2.36. The van der Waals surface area contributed by atoms with Crippen LogP contribution >= 0.6 is 0 Å². The van der Waals surface area contributed by atoms with Crippen LogP contribution in [0.25, 0.3) is 16.9 Å². The third-order valence-electron chi connectivity index (χ3n) is 4.02. The van der Waals surface area contributed by atoms with E-state index in [4.69, 9.17) is 4.74 Å². The van der Waals surface area contributed by atoms with Crippen LogP contribution in [0.5, 0.6) is 0 Å². The number of nitrogens with zero attached hydrogens (tertiary/aromatic N) is 1. The number of benzene rings is 2. The molecule has 5 heteroatoms. The van der Waals surface area contributed by atoms with E-state index in [1.165, 1.54) is 13.3 Å². The molecule has 1 aromatic heterocycles. The molecule has 2 aromatic carbocycles. The number of carbonyl (C=O) groups is 1. The zero-order valence-electron chi connectivity index (χ0n) is 13.9. The van der Waals surface area contributed by atoms with E-state index in [0.717, 1.165) is 5.56 Å². The minimum atomic E-state index is -2.79. The predicted octanol–water partition coefficient (Wildman–Crippen LogP) is 5.18. The van der Waals surface area contributed by atoms with Gasteiger partial charge in [0.25, 0.3) is 6.43 Å². The van der Waals surface area contributed by atoms with Gasteiger partial charge in [-0.25, -0.2) is 13.6 Å². The summed E-state index contributed by atoms with van der Waals surface area (Å²) in [5, 5.41) is 0. The van der Waals surface area contributed by atoms with Gasteiger partial charge in [-0.05, 0) is 24.6 Å². The van der Waals surface area contributed by atoms with Crippen molar-refractivity contribution in [3.63, 3.8) is 0 Å². The number of hydrogen-bond donors (Lipinski definition) is 0. The normalized spacial score (nSPS) is 10.9. The molecule has 0 spiro atoms. The largest absolute Gasteiger partial charge is 0.465 e. The van der Waals surface area contributed by atoms with E-state index < -0.39 is 12.4 Å². The van der Waals surface area contributed by atoms with Crippen LogP contribution in [0.1, 0.15) is 27.9 Å². The first kappa shape index (κ1) is 16.9. The van der Waals surface area contributed by atoms with Crippen molar-refractivity contribution in [2.75, 3.05) is 7.11 Å². The molecule has 0 saturated carbocycles. The van der Waals surface area contributed by atoms with Gasteiger partial charge in [-0.15, -0.1) is 0 Å². The minimum absolute atomic E-state index is 0.106. The highest BCUT2D eigenvalue weighted by atomic mass is 19.3. The highest BCUT2D eigenvalue weighted by Gasteiger charge is 2.28. The lowest BCUT2D eigenvalue weighted by Gasteiger charge is -2.12. The van der Waals surface area contributed by atoms with Crippen molar-refractivity contribution in [1.82, 2.24) is 4.57 Å².